The fourth-order valence-electron chi connectivity index (χ4n) is 3.94. The van der Waals surface area contributed by atoms with Gasteiger partial charge in [-0.2, -0.15) is 11.8 Å². The number of hydrogen-bond donors (Lipinski definition) is 2. The number of likely N-dealkylation sites (tertiary alicyclic amines) is 1. The summed E-state index contributed by atoms with van der Waals surface area (Å²) in [5.41, 5.74) is 6.66. The SMILES string of the molecule is COC1CN(CCCOc2ccc(F)cc2)CCC1NC(=O)c1cc(Cl)c(N)cc1OCCSC. The Hall–Kier alpha value is -2.20. The summed E-state index contributed by atoms with van der Waals surface area (Å²) in [7, 11) is 1.65. The number of piperidine rings is 1. The first kappa shape index (κ1) is 27.4. The van der Waals surface area contributed by atoms with Crippen molar-refractivity contribution in [1.82, 2.24) is 10.2 Å². The van der Waals surface area contributed by atoms with Gasteiger partial charge in [0.1, 0.15) is 17.3 Å². The molecule has 0 spiro atoms. The molecule has 192 valence electrons. The van der Waals surface area contributed by atoms with E-state index >= 15 is 0 Å². The Balaban J connectivity index is 1.51. The van der Waals surface area contributed by atoms with E-state index in [4.69, 9.17) is 31.5 Å². The molecule has 0 aromatic heterocycles. The Kier molecular flexibility index (Phi) is 10.8. The van der Waals surface area contributed by atoms with Crippen LogP contribution >= 0.6 is 23.4 Å². The molecule has 1 fully saturated rings. The summed E-state index contributed by atoms with van der Waals surface area (Å²) in [6.07, 6.45) is 3.40. The quantitative estimate of drug-likeness (QED) is 0.319. The van der Waals surface area contributed by atoms with Crippen LogP contribution in [0.5, 0.6) is 11.5 Å². The summed E-state index contributed by atoms with van der Waals surface area (Å²) in [6.45, 7) is 3.35. The van der Waals surface area contributed by atoms with E-state index in [-0.39, 0.29) is 23.9 Å². The van der Waals surface area contributed by atoms with Crippen LogP contribution in [0.2, 0.25) is 5.02 Å². The van der Waals surface area contributed by atoms with Crippen molar-refractivity contribution < 1.29 is 23.4 Å². The molecular formula is C25H33ClFN3O4S. The van der Waals surface area contributed by atoms with Gasteiger partial charge in [0.15, 0.2) is 0 Å². The van der Waals surface area contributed by atoms with Gasteiger partial charge in [-0.15, -0.1) is 0 Å². The van der Waals surface area contributed by atoms with Crippen LogP contribution in [-0.2, 0) is 4.74 Å². The van der Waals surface area contributed by atoms with Gasteiger partial charge in [0.05, 0.1) is 41.6 Å². The second-order valence-corrected chi connectivity index (χ2v) is 9.70. The van der Waals surface area contributed by atoms with E-state index < -0.39 is 0 Å². The molecule has 2 atom stereocenters. The number of hydrogen-bond acceptors (Lipinski definition) is 7. The number of nitrogens with one attached hydrogen (secondary N) is 1. The van der Waals surface area contributed by atoms with Gasteiger partial charge >= 0.3 is 0 Å². The van der Waals surface area contributed by atoms with Crippen LogP contribution in [0, 0.1) is 5.82 Å². The minimum atomic E-state index is -0.281. The van der Waals surface area contributed by atoms with E-state index in [1.165, 1.54) is 12.1 Å². The number of amides is 1. The number of thioether (sulfide) groups is 1. The van der Waals surface area contributed by atoms with E-state index in [1.807, 2.05) is 6.26 Å². The van der Waals surface area contributed by atoms with Gasteiger partial charge in [0, 0.05) is 38.6 Å². The van der Waals surface area contributed by atoms with Crippen LogP contribution < -0.4 is 20.5 Å². The smallest absolute Gasteiger partial charge is 0.255 e. The number of nitrogens with zero attached hydrogens (tertiary/aromatic N) is 1. The standard InChI is InChI=1S/C25H33ClFN3O4S/c1-32-24-16-30(9-3-11-33-18-6-4-17(27)5-7-18)10-8-22(24)29-25(31)19-14-20(26)21(28)15-23(19)34-12-13-35-2/h4-7,14-15,22,24H,3,8-13,16,28H2,1-2H3,(H,29,31). The highest BCUT2D eigenvalue weighted by atomic mass is 35.5. The van der Waals surface area contributed by atoms with Gasteiger partial charge in [0.25, 0.3) is 5.91 Å². The third kappa shape index (κ3) is 8.17. The zero-order chi connectivity index (χ0) is 25.2. The van der Waals surface area contributed by atoms with Gasteiger partial charge in [-0.25, -0.2) is 4.39 Å². The average Bonchev–Trinajstić information content (AvgIpc) is 2.85. The van der Waals surface area contributed by atoms with Crippen LogP contribution in [-0.4, -0.2) is 74.9 Å². The largest absolute Gasteiger partial charge is 0.494 e. The summed E-state index contributed by atoms with van der Waals surface area (Å²) in [6, 6.07) is 9.02. The molecule has 2 aromatic carbocycles. The molecule has 0 radical (unpaired) electrons. The minimum Gasteiger partial charge on any atom is -0.494 e. The van der Waals surface area contributed by atoms with Crippen LogP contribution in [0.4, 0.5) is 10.1 Å². The van der Waals surface area contributed by atoms with E-state index in [0.717, 1.165) is 31.7 Å². The summed E-state index contributed by atoms with van der Waals surface area (Å²) >= 11 is 7.85. The van der Waals surface area contributed by atoms with Crippen molar-refractivity contribution in [3.63, 3.8) is 0 Å². The Morgan fingerprint density at radius 2 is 2.03 bits per heavy atom. The Bertz CT molecular complexity index is 966. The zero-order valence-corrected chi connectivity index (χ0v) is 21.7. The lowest BCUT2D eigenvalue weighted by molar-refractivity contribution is 0.00526. The van der Waals surface area contributed by atoms with E-state index in [1.54, 1.807) is 43.1 Å². The molecule has 1 aliphatic heterocycles. The molecule has 1 saturated heterocycles. The van der Waals surface area contributed by atoms with Crippen LogP contribution in [0.3, 0.4) is 0 Å². The van der Waals surface area contributed by atoms with Crippen molar-refractivity contribution >= 4 is 35.0 Å². The van der Waals surface area contributed by atoms with Crippen molar-refractivity contribution in [1.29, 1.82) is 0 Å². The normalized spacial score (nSPS) is 18.3. The molecule has 7 nitrogen and oxygen atoms in total. The zero-order valence-electron chi connectivity index (χ0n) is 20.1. The summed E-state index contributed by atoms with van der Waals surface area (Å²) in [4.78, 5) is 15.4. The highest BCUT2D eigenvalue weighted by Gasteiger charge is 2.31. The number of benzene rings is 2. The van der Waals surface area contributed by atoms with Gasteiger partial charge < -0.3 is 30.2 Å². The molecule has 0 saturated carbocycles. The number of ether oxygens (including phenoxy) is 3. The first-order valence-corrected chi connectivity index (χ1v) is 13.3. The van der Waals surface area contributed by atoms with Gasteiger partial charge in [-0.05, 0) is 49.4 Å². The van der Waals surface area contributed by atoms with E-state index in [9.17, 15) is 9.18 Å². The fourth-order valence-corrected chi connectivity index (χ4v) is 4.36. The van der Waals surface area contributed by atoms with Crippen LogP contribution in [0.15, 0.2) is 36.4 Å². The van der Waals surface area contributed by atoms with Gasteiger partial charge in [-0.3, -0.25) is 4.79 Å². The van der Waals surface area contributed by atoms with Gasteiger partial charge in [-0.1, -0.05) is 11.6 Å². The third-order valence-electron chi connectivity index (χ3n) is 5.85. The second-order valence-electron chi connectivity index (χ2n) is 8.31. The predicted molar refractivity (Wildman–Crippen MR) is 139 cm³/mol. The lowest BCUT2D eigenvalue weighted by atomic mass is 10.0. The molecule has 3 rings (SSSR count). The first-order chi connectivity index (χ1) is 16.9. The van der Waals surface area contributed by atoms with Crippen molar-refractivity contribution in [2.45, 2.75) is 25.0 Å². The highest BCUT2D eigenvalue weighted by Crippen LogP contribution is 2.29. The molecule has 35 heavy (non-hydrogen) atoms. The van der Waals surface area contributed by atoms with Crippen LogP contribution in [0.25, 0.3) is 0 Å². The molecule has 2 unspecified atom stereocenters. The maximum atomic E-state index is 13.1. The average molecular weight is 526 g/mol. The number of nitrogens with two attached hydrogens (primary N) is 1. The topological polar surface area (TPSA) is 86.1 Å². The Morgan fingerprint density at radius 3 is 2.74 bits per heavy atom. The van der Waals surface area contributed by atoms with E-state index in [0.29, 0.717) is 47.5 Å². The number of halogens is 2. The molecule has 1 aliphatic rings. The van der Waals surface area contributed by atoms with Crippen molar-refractivity contribution in [3.05, 3.63) is 52.8 Å². The third-order valence-corrected chi connectivity index (χ3v) is 6.75. The summed E-state index contributed by atoms with van der Waals surface area (Å²) < 4.78 is 30.2. The molecule has 2 aromatic rings. The molecule has 1 heterocycles. The number of nitrogen functional groups attached to an aromatic ring is 1. The minimum absolute atomic E-state index is 0.144. The number of rotatable bonds is 12. The lowest BCUT2D eigenvalue weighted by Gasteiger charge is -2.38. The van der Waals surface area contributed by atoms with Gasteiger partial charge in [0.2, 0.25) is 0 Å². The second kappa shape index (κ2) is 13.8. The highest BCUT2D eigenvalue weighted by molar-refractivity contribution is 7.98. The molecule has 0 aliphatic carbocycles. The maximum absolute atomic E-state index is 13.1. The van der Waals surface area contributed by atoms with Crippen LogP contribution in [0.1, 0.15) is 23.2 Å². The summed E-state index contributed by atoms with van der Waals surface area (Å²) in [5.74, 6) is 1.33. The number of carbonyl (C=O) groups excluding carboxylic acids is 1. The Labute approximate surface area is 215 Å². The molecule has 10 heteroatoms. The molecular weight excluding hydrogens is 493 g/mol. The lowest BCUT2D eigenvalue weighted by Crippen LogP contribution is -2.55. The molecule has 3 N–H and O–H groups in total. The first-order valence-electron chi connectivity index (χ1n) is 11.6. The number of methoxy groups -OCH3 is 1. The summed E-state index contributed by atoms with van der Waals surface area (Å²) in [5, 5.41) is 3.41. The number of anilines is 1. The van der Waals surface area contributed by atoms with E-state index in [2.05, 4.69) is 10.2 Å². The molecule has 0 bridgehead atoms. The maximum Gasteiger partial charge on any atom is 0.255 e. The van der Waals surface area contributed by atoms with Crippen molar-refractivity contribution in [2.75, 3.05) is 57.7 Å². The van der Waals surface area contributed by atoms with Crippen molar-refractivity contribution in [2.24, 2.45) is 0 Å². The monoisotopic (exact) mass is 525 g/mol. The molecule has 1 amide bonds. The Morgan fingerprint density at radius 1 is 1.26 bits per heavy atom. The fraction of sp³-hybridized carbons (Fsp3) is 0.480. The predicted octanol–water partition coefficient (Wildman–Crippen LogP) is 4.09. The van der Waals surface area contributed by atoms with Crippen molar-refractivity contribution in [3.8, 4) is 11.5 Å². The number of carbonyl (C=O) groups is 1.